The summed E-state index contributed by atoms with van der Waals surface area (Å²) in [6.07, 6.45) is 1.96. The Morgan fingerprint density at radius 1 is 1.15 bits per heavy atom. The van der Waals surface area contributed by atoms with Gasteiger partial charge in [-0.25, -0.2) is 13.2 Å². The van der Waals surface area contributed by atoms with Crippen LogP contribution in [-0.2, 0) is 35.4 Å². The number of phenolic OH excluding ortho intramolecular Hbond substituents is 1. The van der Waals surface area contributed by atoms with E-state index in [1.807, 2.05) is 0 Å². The molecule has 3 N–H and O–H groups in total. The van der Waals surface area contributed by atoms with E-state index in [0.717, 1.165) is 19.3 Å². The molecule has 2 aliphatic carbocycles. The topological polar surface area (TPSA) is 150 Å². The first-order valence-electron chi connectivity index (χ1n) is 14.7. The number of amides is 2. The molecule has 4 rings (SSSR count). The lowest BCUT2D eigenvalue weighted by Crippen LogP contribution is -2.54. The smallest absolute Gasteiger partial charge is 0.329 e. The van der Waals surface area contributed by atoms with Gasteiger partial charge in [0.1, 0.15) is 39.9 Å². The average Bonchev–Trinajstić information content (AvgIpc) is 3.55. The van der Waals surface area contributed by atoms with Gasteiger partial charge in [-0.15, -0.1) is 0 Å². The summed E-state index contributed by atoms with van der Waals surface area (Å²) in [6, 6.07) is 3.98. The van der Waals surface area contributed by atoms with Crippen LogP contribution in [0, 0.1) is 16.7 Å². The molecule has 10 nitrogen and oxygen atoms in total. The zero-order chi connectivity index (χ0) is 30.2. The van der Waals surface area contributed by atoms with Crippen LogP contribution in [0.25, 0.3) is 0 Å². The SMILES string of the molecule is CCS(=O)(=O)CCC(NC(=O)C(O)Cc1ccc(O)cc1)C(=O)N1CCCC1C(=O)OC1CC2CCC1(C)C2(C)C. The number of hydrogen-bond donors (Lipinski definition) is 3. The third kappa shape index (κ3) is 6.40. The molecule has 6 unspecified atom stereocenters. The first kappa shape index (κ1) is 31.3. The second kappa shape index (κ2) is 11.9. The third-order valence-corrected chi connectivity index (χ3v) is 12.0. The van der Waals surface area contributed by atoms with E-state index in [-0.39, 0.29) is 53.6 Å². The number of aromatic hydroxyl groups is 1. The molecule has 1 heterocycles. The van der Waals surface area contributed by atoms with Crippen molar-refractivity contribution in [2.75, 3.05) is 18.1 Å². The number of nitrogens with zero attached hydrogens (tertiary/aromatic N) is 1. The lowest BCUT2D eigenvalue weighted by atomic mass is 9.70. The summed E-state index contributed by atoms with van der Waals surface area (Å²) in [5.74, 6) is -1.73. The number of likely N-dealkylation sites (tertiary alicyclic amines) is 1. The van der Waals surface area contributed by atoms with E-state index >= 15 is 0 Å². The second-order valence-electron chi connectivity index (χ2n) is 12.7. The number of carbonyl (C=O) groups excluding carboxylic acids is 3. The van der Waals surface area contributed by atoms with Crippen LogP contribution in [-0.4, -0.2) is 83.7 Å². The Hall–Kier alpha value is -2.66. The van der Waals surface area contributed by atoms with Crippen molar-refractivity contribution >= 4 is 27.6 Å². The van der Waals surface area contributed by atoms with Crippen LogP contribution in [0.4, 0.5) is 0 Å². The number of phenols is 1. The van der Waals surface area contributed by atoms with Crippen LogP contribution in [0.15, 0.2) is 24.3 Å². The molecule has 1 aliphatic heterocycles. The van der Waals surface area contributed by atoms with Crippen molar-refractivity contribution in [1.29, 1.82) is 0 Å². The molecular weight excluding hydrogens is 548 g/mol. The van der Waals surface area contributed by atoms with E-state index in [0.29, 0.717) is 24.3 Å². The Kier molecular flexibility index (Phi) is 9.09. The number of ether oxygens (including phenoxy) is 1. The van der Waals surface area contributed by atoms with Crippen molar-refractivity contribution in [3.05, 3.63) is 29.8 Å². The van der Waals surface area contributed by atoms with Crippen LogP contribution in [0.5, 0.6) is 5.75 Å². The van der Waals surface area contributed by atoms with Gasteiger partial charge in [0.15, 0.2) is 0 Å². The lowest BCUT2D eigenvalue weighted by molar-refractivity contribution is -0.165. The van der Waals surface area contributed by atoms with E-state index in [1.165, 1.54) is 24.0 Å². The quantitative estimate of drug-likeness (QED) is 0.332. The molecule has 0 spiro atoms. The van der Waals surface area contributed by atoms with Crippen LogP contribution in [0.1, 0.15) is 71.8 Å². The minimum atomic E-state index is -3.45. The van der Waals surface area contributed by atoms with Gasteiger partial charge in [0.25, 0.3) is 0 Å². The zero-order valence-electron chi connectivity index (χ0n) is 24.5. The molecule has 1 aromatic carbocycles. The molecule has 41 heavy (non-hydrogen) atoms. The molecular formula is C30H44N2O8S. The van der Waals surface area contributed by atoms with Crippen molar-refractivity contribution < 1.29 is 37.8 Å². The first-order valence-corrected chi connectivity index (χ1v) is 16.5. The van der Waals surface area contributed by atoms with E-state index < -0.39 is 45.8 Å². The maximum absolute atomic E-state index is 13.7. The zero-order valence-corrected chi connectivity index (χ0v) is 25.3. The van der Waals surface area contributed by atoms with Gasteiger partial charge in [0.05, 0.1) is 5.75 Å². The molecule has 2 amide bonds. The van der Waals surface area contributed by atoms with Gasteiger partial charge >= 0.3 is 5.97 Å². The molecule has 2 bridgehead atoms. The molecule has 1 aromatic rings. The highest BCUT2D eigenvalue weighted by Gasteiger charge is 2.63. The fraction of sp³-hybridized carbons (Fsp3) is 0.700. The first-order chi connectivity index (χ1) is 19.2. The highest BCUT2D eigenvalue weighted by atomic mass is 32.2. The third-order valence-electron chi connectivity index (χ3n) is 10.2. The standard InChI is InChI=1S/C30H44N2O8S/c1-5-41(38,39)16-13-22(31-26(35)24(34)17-19-8-10-21(33)11-9-19)27(36)32-15-6-7-23(32)28(37)40-25-18-20-12-14-30(25,4)29(20,2)3/h8-11,20,22-25,33-34H,5-7,12-18H2,1-4H3,(H,31,35). The summed E-state index contributed by atoms with van der Waals surface area (Å²) < 4.78 is 30.6. The number of fused-ring (bicyclic) bond motifs is 2. The van der Waals surface area contributed by atoms with Crippen molar-refractivity contribution in [2.24, 2.45) is 16.7 Å². The van der Waals surface area contributed by atoms with Crippen molar-refractivity contribution in [1.82, 2.24) is 10.2 Å². The minimum Gasteiger partial charge on any atom is -0.508 e. The molecule has 3 aliphatic rings. The van der Waals surface area contributed by atoms with Crippen molar-refractivity contribution in [3.63, 3.8) is 0 Å². The summed E-state index contributed by atoms with van der Waals surface area (Å²) in [5, 5.41) is 22.5. The van der Waals surface area contributed by atoms with Gasteiger partial charge in [0.2, 0.25) is 11.8 Å². The van der Waals surface area contributed by atoms with Crippen LogP contribution in [0.3, 0.4) is 0 Å². The summed E-state index contributed by atoms with van der Waals surface area (Å²) in [4.78, 5) is 41.5. The predicted molar refractivity (Wildman–Crippen MR) is 153 cm³/mol. The number of benzene rings is 1. The maximum atomic E-state index is 13.7. The van der Waals surface area contributed by atoms with Gasteiger partial charge < -0.3 is 25.2 Å². The summed E-state index contributed by atoms with van der Waals surface area (Å²) in [6.45, 7) is 8.45. The Morgan fingerprint density at radius 2 is 1.83 bits per heavy atom. The Labute approximate surface area is 242 Å². The summed E-state index contributed by atoms with van der Waals surface area (Å²) >= 11 is 0. The number of carbonyl (C=O) groups is 3. The second-order valence-corrected chi connectivity index (χ2v) is 15.2. The van der Waals surface area contributed by atoms with E-state index in [9.17, 15) is 33.0 Å². The molecule has 0 aromatic heterocycles. The van der Waals surface area contributed by atoms with Crippen LogP contribution < -0.4 is 5.32 Å². The Bertz CT molecular complexity index is 1250. The summed E-state index contributed by atoms with van der Waals surface area (Å²) in [5.41, 5.74) is 0.533. The van der Waals surface area contributed by atoms with Gasteiger partial charge in [-0.2, -0.15) is 0 Å². The molecule has 2 saturated carbocycles. The van der Waals surface area contributed by atoms with Gasteiger partial charge in [-0.3, -0.25) is 9.59 Å². The largest absolute Gasteiger partial charge is 0.508 e. The van der Waals surface area contributed by atoms with Gasteiger partial charge in [-0.05, 0) is 67.6 Å². The predicted octanol–water partition coefficient (Wildman–Crippen LogP) is 2.35. The van der Waals surface area contributed by atoms with Crippen LogP contribution in [0.2, 0.25) is 0 Å². The maximum Gasteiger partial charge on any atom is 0.329 e. The number of esters is 1. The molecule has 11 heteroatoms. The molecule has 1 saturated heterocycles. The summed E-state index contributed by atoms with van der Waals surface area (Å²) in [7, 11) is -3.45. The highest BCUT2D eigenvalue weighted by molar-refractivity contribution is 7.91. The monoisotopic (exact) mass is 592 g/mol. The minimum absolute atomic E-state index is 0.0485. The average molecular weight is 593 g/mol. The van der Waals surface area contributed by atoms with E-state index in [4.69, 9.17) is 4.74 Å². The van der Waals surface area contributed by atoms with E-state index in [1.54, 1.807) is 12.1 Å². The van der Waals surface area contributed by atoms with Gasteiger partial charge in [0, 0.05) is 24.1 Å². The Morgan fingerprint density at radius 3 is 2.41 bits per heavy atom. The Balaban J connectivity index is 1.45. The number of aliphatic hydroxyl groups is 1. The number of aliphatic hydroxyl groups excluding tert-OH is 1. The van der Waals surface area contributed by atoms with Crippen molar-refractivity contribution in [3.8, 4) is 5.75 Å². The number of hydrogen-bond acceptors (Lipinski definition) is 8. The van der Waals surface area contributed by atoms with Crippen molar-refractivity contribution in [2.45, 2.75) is 96.9 Å². The molecule has 0 radical (unpaired) electrons. The van der Waals surface area contributed by atoms with Gasteiger partial charge in [-0.1, -0.05) is 39.8 Å². The number of rotatable bonds is 11. The molecule has 6 atom stereocenters. The fourth-order valence-electron chi connectivity index (χ4n) is 6.92. The molecule has 3 fully saturated rings. The number of sulfone groups is 1. The highest BCUT2D eigenvalue weighted by Crippen LogP contribution is 2.66. The van der Waals surface area contributed by atoms with E-state index in [2.05, 4.69) is 26.1 Å². The molecule has 228 valence electrons. The number of nitrogens with one attached hydrogen (secondary N) is 1. The fourth-order valence-corrected chi connectivity index (χ4v) is 7.80. The normalized spacial score (nSPS) is 28.3. The lowest BCUT2D eigenvalue weighted by Gasteiger charge is -2.39. The van der Waals surface area contributed by atoms with Crippen LogP contribution >= 0.6 is 0 Å².